The van der Waals surface area contributed by atoms with Gasteiger partial charge in [-0.2, -0.15) is 0 Å². The Hall–Kier alpha value is -3.13. The average Bonchev–Trinajstić information content (AvgIpc) is 2.69. The van der Waals surface area contributed by atoms with Crippen LogP contribution in [0.5, 0.6) is 0 Å². The summed E-state index contributed by atoms with van der Waals surface area (Å²) in [5, 5.41) is 0. The molecular weight excluding hydrogens is 301 g/mol. The fraction of sp³-hybridized carbons (Fsp3) is 0. The standard InChI is InChI=1S/C23H18BN/c24-23-22(19-14-8-3-9-15-19)20(17-10-4-1-5-11-17)16-21(25-23)18-12-6-2-7-13-18/h1-16H,24H2. The molecule has 0 unspecified atom stereocenters. The second kappa shape index (κ2) is 6.78. The van der Waals surface area contributed by atoms with Crippen LogP contribution < -0.4 is 5.59 Å². The summed E-state index contributed by atoms with van der Waals surface area (Å²) in [6.07, 6.45) is 0. The molecule has 0 saturated heterocycles. The van der Waals surface area contributed by atoms with Gasteiger partial charge in [-0.25, -0.2) is 0 Å². The monoisotopic (exact) mass is 319 g/mol. The summed E-state index contributed by atoms with van der Waals surface area (Å²) in [7, 11) is 2.10. The second-order valence-corrected chi connectivity index (χ2v) is 6.11. The Balaban J connectivity index is 1.99. The molecule has 4 rings (SSSR count). The molecule has 0 amide bonds. The molecule has 0 radical (unpaired) electrons. The number of benzene rings is 3. The van der Waals surface area contributed by atoms with Crippen LogP contribution in [0.25, 0.3) is 33.5 Å². The Labute approximate surface area is 149 Å². The van der Waals surface area contributed by atoms with Gasteiger partial charge in [-0.15, -0.1) is 0 Å². The molecule has 0 bridgehead atoms. The van der Waals surface area contributed by atoms with Gasteiger partial charge in [0.25, 0.3) is 0 Å². The molecule has 0 aliphatic rings. The molecule has 4 aromatic rings. The van der Waals surface area contributed by atoms with E-state index in [4.69, 9.17) is 4.98 Å². The Morgan fingerprint density at radius 3 is 1.60 bits per heavy atom. The highest BCUT2D eigenvalue weighted by Gasteiger charge is 2.14. The van der Waals surface area contributed by atoms with Crippen LogP contribution in [0.1, 0.15) is 0 Å². The minimum Gasteiger partial charge on any atom is -0.263 e. The highest BCUT2D eigenvalue weighted by molar-refractivity contribution is 6.35. The van der Waals surface area contributed by atoms with Crippen LogP contribution in [-0.4, -0.2) is 12.8 Å². The second-order valence-electron chi connectivity index (χ2n) is 6.11. The molecule has 1 aromatic heterocycles. The van der Waals surface area contributed by atoms with Gasteiger partial charge in [-0.1, -0.05) is 91.0 Å². The molecule has 3 aromatic carbocycles. The van der Waals surface area contributed by atoms with Crippen molar-refractivity contribution >= 4 is 13.4 Å². The average molecular weight is 319 g/mol. The van der Waals surface area contributed by atoms with E-state index in [0.717, 1.165) is 16.9 Å². The van der Waals surface area contributed by atoms with E-state index in [0.29, 0.717) is 0 Å². The zero-order chi connectivity index (χ0) is 17.1. The van der Waals surface area contributed by atoms with Crippen molar-refractivity contribution in [3.05, 3.63) is 97.1 Å². The van der Waals surface area contributed by atoms with Gasteiger partial charge in [0, 0.05) is 16.7 Å². The molecule has 0 aliphatic heterocycles. The summed E-state index contributed by atoms with van der Waals surface area (Å²) < 4.78 is 0. The van der Waals surface area contributed by atoms with E-state index >= 15 is 0 Å². The van der Waals surface area contributed by atoms with Crippen LogP contribution in [0.2, 0.25) is 0 Å². The number of aromatic nitrogens is 1. The van der Waals surface area contributed by atoms with E-state index in [1.165, 1.54) is 22.3 Å². The SMILES string of the molecule is Bc1nc(-c2ccccc2)cc(-c2ccccc2)c1-c1ccccc1. The maximum Gasteiger partial charge on any atom is 0.164 e. The first kappa shape index (κ1) is 15.4. The first-order valence-corrected chi connectivity index (χ1v) is 8.51. The van der Waals surface area contributed by atoms with Crippen molar-refractivity contribution in [2.24, 2.45) is 0 Å². The summed E-state index contributed by atoms with van der Waals surface area (Å²) in [5.74, 6) is 0. The van der Waals surface area contributed by atoms with Gasteiger partial charge in [-0.05, 0) is 22.8 Å². The fourth-order valence-corrected chi connectivity index (χ4v) is 3.24. The smallest absolute Gasteiger partial charge is 0.164 e. The van der Waals surface area contributed by atoms with Crippen molar-refractivity contribution in [3.63, 3.8) is 0 Å². The number of nitrogens with zero attached hydrogens (tertiary/aromatic N) is 1. The van der Waals surface area contributed by atoms with Crippen LogP contribution in [0, 0.1) is 0 Å². The minimum atomic E-state index is 1.01. The molecule has 0 N–H and O–H groups in total. The summed E-state index contributed by atoms with van der Waals surface area (Å²) in [4.78, 5) is 4.91. The van der Waals surface area contributed by atoms with Crippen LogP contribution in [0.4, 0.5) is 0 Å². The first-order valence-electron chi connectivity index (χ1n) is 8.51. The van der Waals surface area contributed by atoms with E-state index in [1.54, 1.807) is 0 Å². The number of pyridine rings is 1. The Morgan fingerprint density at radius 1 is 0.560 bits per heavy atom. The van der Waals surface area contributed by atoms with Gasteiger partial charge in [-0.3, -0.25) is 4.98 Å². The largest absolute Gasteiger partial charge is 0.263 e. The van der Waals surface area contributed by atoms with E-state index in [2.05, 4.69) is 92.8 Å². The molecule has 0 fully saturated rings. The van der Waals surface area contributed by atoms with Crippen molar-refractivity contribution < 1.29 is 0 Å². The Bertz CT molecular complexity index is 980. The third kappa shape index (κ3) is 3.11. The highest BCUT2D eigenvalue weighted by atomic mass is 14.7. The molecule has 0 spiro atoms. The molecule has 0 saturated carbocycles. The third-order valence-electron chi connectivity index (χ3n) is 4.42. The lowest BCUT2D eigenvalue weighted by molar-refractivity contribution is 1.37. The lowest BCUT2D eigenvalue weighted by atomic mass is 9.85. The molecule has 0 aliphatic carbocycles. The summed E-state index contributed by atoms with van der Waals surface area (Å²) in [6, 6.07) is 33.6. The van der Waals surface area contributed by atoms with Crippen molar-refractivity contribution in [3.8, 4) is 33.5 Å². The minimum absolute atomic E-state index is 1.01. The summed E-state index contributed by atoms with van der Waals surface area (Å²) >= 11 is 0. The Morgan fingerprint density at radius 2 is 1.04 bits per heavy atom. The van der Waals surface area contributed by atoms with Crippen molar-refractivity contribution in [2.75, 3.05) is 0 Å². The molecule has 118 valence electrons. The Kier molecular flexibility index (Phi) is 4.18. The van der Waals surface area contributed by atoms with Crippen molar-refractivity contribution in [2.45, 2.75) is 0 Å². The van der Waals surface area contributed by atoms with Gasteiger partial charge in [0.1, 0.15) is 0 Å². The number of hydrogen-bond donors (Lipinski definition) is 0. The van der Waals surface area contributed by atoms with Gasteiger partial charge in [0.2, 0.25) is 0 Å². The van der Waals surface area contributed by atoms with Crippen LogP contribution in [-0.2, 0) is 0 Å². The normalized spacial score (nSPS) is 10.6. The zero-order valence-corrected chi connectivity index (χ0v) is 14.2. The van der Waals surface area contributed by atoms with Crippen molar-refractivity contribution in [1.29, 1.82) is 0 Å². The number of hydrogen-bond acceptors (Lipinski definition) is 1. The predicted molar refractivity (Wildman–Crippen MR) is 109 cm³/mol. The summed E-state index contributed by atoms with van der Waals surface area (Å²) in [5.41, 5.74) is 8.03. The van der Waals surface area contributed by atoms with Gasteiger partial charge in [0.15, 0.2) is 7.85 Å². The van der Waals surface area contributed by atoms with E-state index in [9.17, 15) is 0 Å². The van der Waals surface area contributed by atoms with E-state index in [1.807, 2.05) is 12.1 Å². The van der Waals surface area contributed by atoms with Crippen LogP contribution in [0.15, 0.2) is 97.1 Å². The molecule has 25 heavy (non-hydrogen) atoms. The van der Waals surface area contributed by atoms with Crippen LogP contribution in [0.3, 0.4) is 0 Å². The highest BCUT2D eigenvalue weighted by Crippen LogP contribution is 2.32. The third-order valence-corrected chi connectivity index (χ3v) is 4.42. The maximum absolute atomic E-state index is 4.91. The van der Waals surface area contributed by atoms with Crippen molar-refractivity contribution in [1.82, 2.24) is 4.98 Å². The summed E-state index contributed by atoms with van der Waals surface area (Å²) in [6.45, 7) is 0. The van der Waals surface area contributed by atoms with Crippen LogP contribution >= 0.6 is 0 Å². The van der Waals surface area contributed by atoms with Gasteiger partial charge in [0.05, 0.1) is 5.69 Å². The molecule has 2 heteroatoms. The molecule has 1 heterocycles. The predicted octanol–water partition coefficient (Wildman–Crippen LogP) is 4.34. The molecular formula is C23H18BN. The molecule has 1 nitrogen and oxygen atoms in total. The van der Waals surface area contributed by atoms with Gasteiger partial charge < -0.3 is 0 Å². The quantitative estimate of drug-likeness (QED) is 0.512. The van der Waals surface area contributed by atoms with E-state index < -0.39 is 0 Å². The lowest BCUT2D eigenvalue weighted by Gasteiger charge is -2.16. The number of rotatable bonds is 3. The first-order chi connectivity index (χ1) is 12.3. The maximum atomic E-state index is 4.91. The van der Waals surface area contributed by atoms with E-state index in [-0.39, 0.29) is 0 Å². The lowest BCUT2D eigenvalue weighted by Crippen LogP contribution is -2.14. The zero-order valence-electron chi connectivity index (χ0n) is 14.2. The van der Waals surface area contributed by atoms with Gasteiger partial charge >= 0.3 is 0 Å². The fourth-order valence-electron chi connectivity index (χ4n) is 3.24. The topological polar surface area (TPSA) is 12.9 Å². The molecule has 0 atom stereocenters.